The van der Waals surface area contributed by atoms with E-state index >= 15 is 0 Å². The molecule has 122 valence electrons. The molecule has 4 nitrogen and oxygen atoms in total. The van der Waals surface area contributed by atoms with Crippen molar-refractivity contribution in [1.29, 1.82) is 0 Å². The Morgan fingerprint density at radius 2 is 1.64 bits per heavy atom. The van der Waals surface area contributed by atoms with E-state index in [0.29, 0.717) is 18.4 Å². The molecule has 0 aliphatic carbocycles. The van der Waals surface area contributed by atoms with Gasteiger partial charge in [0, 0.05) is 19.5 Å². The van der Waals surface area contributed by atoms with Crippen molar-refractivity contribution in [3.63, 3.8) is 0 Å². The lowest BCUT2D eigenvalue weighted by Gasteiger charge is -2.22. The minimum Gasteiger partial charge on any atom is -0.478 e. The molecule has 0 aromatic heterocycles. The largest absolute Gasteiger partial charge is 0.478 e. The molecule has 1 N–H and O–H groups in total. The lowest BCUT2D eigenvalue weighted by atomic mass is 10.0. The Bertz CT molecular complexity index is 477. The Kier molecular flexibility index (Phi) is 8.26. The highest BCUT2D eigenvalue weighted by Crippen LogP contribution is 2.12. The molecule has 1 aromatic rings. The van der Waals surface area contributed by atoms with E-state index in [1.54, 1.807) is 18.2 Å². The summed E-state index contributed by atoms with van der Waals surface area (Å²) < 4.78 is 0. The molecule has 0 unspecified atom stereocenters. The van der Waals surface area contributed by atoms with E-state index < -0.39 is 5.97 Å². The van der Waals surface area contributed by atoms with Crippen molar-refractivity contribution >= 4 is 11.9 Å². The summed E-state index contributed by atoms with van der Waals surface area (Å²) in [5.41, 5.74) is 1.03. The van der Waals surface area contributed by atoms with Gasteiger partial charge < -0.3 is 10.0 Å². The van der Waals surface area contributed by atoms with Crippen LogP contribution in [0.25, 0.3) is 0 Å². The molecular weight excluding hydrogens is 278 g/mol. The van der Waals surface area contributed by atoms with E-state index in [1.165, 1.54) is 0 Å². The summed E-state index contributed by atoms with van der Waals surface area (Å²) in [6.07, 6.45) is 5.02. The molecule has 0 bridgehead atoms. The maximum absolute atomic E-state index is 12.4. The van der Waals surface area contributed by atoms with Crippen molar-refractivity contribution < 1.29 is 14.7 Å². The number of carbonyl (C=O) groups excluding carboxylic acids is 1. The number of nitrogens with zero attached hydrogens (tertiary/aromatic N) is 1. The minimum absolute atomic E-state index is 0.127. The zero-order valence-corrected chi connectivity index (χ0v) is 13.7. The number of carboxylic acids is 1. The number of aryl methyl sites for hydroxylation is 1. The predicted molar refractivity (Wildman–Crippen MR) is 88.1 cm³/mol. The first-order valence-corrected chi connectivity index (χ1v) is 8.19. The summed E-state index contributed by atoms with van der Waals surface area (Å²) in [5, 5.41) is 9.18. The van der Waals surface area contributed by atoms with Gasteiger partial charge in [-0.2, -0.15) is 0 Å². The van der Waals surface area contributed by atoms with Crippen molar-refractivity contribution in [2.75, 3.05) is 13.1 Å². The van der Waals surface area contributed by atoms with E-state index in [9.17, 15) is 14.7 Å². The van der Waals surface area contributed by atoms with Crippen LogP contribution in [0.1, 0.15) is 61.9 Å². The first-order chi connectivity index (χ1) is 10.6. The Morgan fingerprint density at radius 3 is 2.18 bits per heavy atom. The second kappa shape index (κ2) is 9.98. The third kappa shape index (κ3) is 5.88. The summed E-state index contributed by atoms with van der Waals surface area (Å²) >= 11 is 0. The van der Waals surface area contributed by atoms with Gasteiger partial charge in [-0.25, -0.2) is 4.79 Å². The van der Waals surface area contributed by atoms with Crippen molar-refractivity contribution in [2.45, 2.75) is 52.4 Å². The Balaban J connectivity index is 2.63. The summed E-state index contributed by atoms with van der Waals surface area (Å²) in [7, 11) is 0. The minimum atomic E-state index is -0.933. The van der Waals surface area contributed by atoms with Gasteiger partial charge in [-0.05, 0) is 30.9 Å². The third-order valence-electron chi connectivity index (χ3n) is 3.77. The fraction of sp³-hybridized carbons (Fsp3) is 0.556. The van der Waals surface area contributed by atoms with E-state index in [4.69, 9.17) is 0 Å². The first kappa shape index (κ1) is 18.2. The number of hydrogen-bond donors (Lipinski definition) is 1. The predicted octanol–water partition coefficient (Wildman–Crippen LogP) is 3.75. The molecule has 1 aromatic carbocycles. The fourth-order valence-electron chi connectivity index (χ4n) is 2.41. The molecule has 1 amide bonds. The van der Waals surface area contributed by atoms with Crippen LogP contribution in [0, 0.1) is 0 Å². The number of aromatic carboxylic acids is 1. The monoisotopic (exact) mass is 305 g/mol. The number of rotatable bonds is 10. The quantitative estimate of drug-likeness (QED) is 0.716. The highest BCUT2D eigenvalue weighted by molar-refractivity contribution is 5.89. The van der Waals surface area contributed by atoms with E-state index in [0.717, 1.165) is 44.3 Å². The Labute approximate surface area is 133 Å². The van der Waals surface area contributed by atoms with Crippen molar-refractivity contribution in [3.05, 3.63) is 35.4 Å². The standard InChI is InChI=1S/C18H27NO3/c1-3-5-13-19(14-6-4-2)17(20)12-11-15-9-7-8-10-16(15)18(21)22/h7-10H,3-6,11-14H2,1-2H3,(H,21,22). The summed E-state index contributed by atoms with van der Waals surface area (Å²) in [6.45, 7) is 5.84. The fourth-order valence-corrected chi connectivity index (χ4v) is 2.41. The van der Waals surface area contributed by atoms with Crippen LogP contribution >= 0.6 is 0 Å². The molecule has 0 aliphatic heterocycles. The van der Waals surface area contributed by atoms with Gasteiger partial charge in [0.15, 0.2) is 0 Å². The summed E-state index contributed by atoms with van der Waals surface area (Å²) in [5.74, 6) is -0.807. The van der Waals surface area contributed by atoms with Gasteiger partial charge in [-0.3, -0.25) is 4.79 Å². The lowest BCUT2D eigenvalue weighted by Crippen LogP contribution is -2.33. The van der Waals surface area contributed by atoms with Crippen LogP contribution in [0.5, 0.6) is 0 Å². The molecule has 22 heavy (non-hydrogen) atoms. The van der Waals surface area contributed by atoms with Gasteiger partial charge in [-0.1, -0.05) is 44.9 Å². The summed E-state index contributed by atoms with van der Waals surface area (Å²) in [6, 6.07) is 6.91. The van der Waals surface area contributed by atoms with Gasteiger partial charge in [0.05, 0.1) is 5.56 Å². The van der Waals surface area contributed by atoms with Crippen molar-refractivity contribution in [2.24, 2.45) is 0 Å². The average molecular weight is 305 g/mol. The van der Waals surface area contributed by atoms with Crippen LogP contribution in [0.2, 0.25) is 0 Å². The molecule has 0 aliphatic rings. The smallest absolute Gasteiger partial charge is 0.335 e. The molecule has 0 spiro atoms. The number of amides is 1. The molecule has 0 heterocycles. The van der Waals surface area contributed by atoms with E-state index in [2.05, 4.69) is 13.8 Å². The van der Waals surface area contributed by atoms with Gasteiger partial charge in [0.2, 0.25) is 5.91 Å². The SMILES string of the molecule is CCCCN(CCCC)C(=O)CCc1ccccc1C(=O)O. The summed E-state index contributed by atoms with van der Waals surface area (Å²) in [4.78, 5) is 25.5. The topological polar surface area (TPSA) is 57.6 Å². The molecule has 1 rings (SSSR count). The van der Waals surface area contributed by atoms with Gasteiger partial charge in [0.25, 0.3) is 0 Å². The van der Waals surface area contributed by atoms with Gasteiger partial charge in [-0.15, -0.1) is 0 Å². The lowest BCUT2D eigenvalue weighted by molar-refractivity contribution is -0.131. The average Bonchev–Trinajstić information content (AvgIpc) is 2.53. The van der Waals surface area contributed by atoms with Crippen LogP contribution in [0.3, 0.4) is 0 Å². The van der Waals surface area contributed by atoms with Crippen molar-refractivity contribution in [3.8, 4) is 0 Å². The zero-order valence-electron chi connectivity index (χ0n) is 13.7. The molecule has 0 fully saturated rings. The Hall–Kier alpha value is -1.84. The maximum Gasteiger partial charge on any atom is 0.335 e. The number of benzene rings is 1. The number of carbonyl (C=O) groups is 2. The van der Waals surface area contributed by atoms with E-state index in [1.807, 2.05) is 11.0 Å². The van der Waals surface area contributed by atoms with Crippen LogP contribution in [-0.4, -0.2) is 35.0 Å². The molecule has 0 radical (unpaired) electrons. The van der Waals surface area contributed by atoms with Crippen molar-refractivity contribution in [1.82, 2.24) is 4.90 Å². The number of unbranched alkanes of at least 4 members (excludes halogenated alkanes) is 2. The second-order valence-electron chi connectivity index (χ2n) is 5.55. The highest BCUT2D eigenvalue weighted by atomic mass is 16.4. The normalized spacial score (nSPS) is 10.5. The van der Waals surface area contributed by atoms with E-state index in [-0.39, 0.29) is 5.91 Å². The van der Waals surface area contributed by atoms with Gasteiger partial charge >= 0.3 is 5.97 Å². The maximum atomic E-state index is 12.4. The Morgan fingerprint density at radius 1 is 1.05 bits per heavy atom. The highest BCUT2D eigenvalue weighted by Gasteiger charge is 2.15. The number of carboxylic acid groups (broad SMARTS) is 1. The van der Waals surface area contributed by atoms with Gasteiger partial charge in [0.1, 0.15) is 0 Å². The van der Waals surface area contributed by atoms with Crippen LogP contribution in [0.15, 0.2) is 24.3 Å². The van der Waals surface area contributed by atoms with Crippen LogP contribution in [-0.2, 0) is 11.2 Å². The first-order valence-electron chi connectivity index (χ1n) is 8.19. The molecule has 0 saturated heterocycles. The zero-order chi connectivity index (χ0) is 16.4. The second-order valence-corrected chi connectivity index (χ2v) is 5.55. The molecule has 0 saturated carbocycles. The molecule has 0 atom stereocenters. The van der Waals surface area contributed by atoms with Crippen LogP contribution in [0.4, 0.5) is 0 Å². The number of hydrogen-bond acceptors (Lipinski definition) is 2. The van der Waals surface area contributed by atoms with Crippen LogP contribution < -0.4 is 0 Å². The molecular formula is C18H27NO3. The molecule has 4 heteroatoms. The third-order valence-corrected chi connectivity index (χ3v) is 3.77.